The number of rotatable bonds is 8. The average molecular weight is 198 g/mol. The number of carboxylic acid groups (broad SMARTS) is 1. The van der Waals surface area contributed by atoms with Gasteiger partial charge in [-0.15, -0.1) is 6.58 Å². The van der Waals surface area contributed by atoms with E-state index in [0.717, 1.165) is 12.8 Å². The Hall–Kier alpha value is -1.12. The summed E-state index contributed by atoms with van der Waals surface area (Å²) in [4.78, 5) is 21.4. The molecule has 14 heavy (non-hydrogen) atoms. The number of carbonyl (C=O) groups is 2. The SMILES string of the molecule is C=CCCC(CCCC(=O)O)C(C)=O. The Kier molecular flexibility index (Phi) is 6.72. The Labute approximate surface area is 84.8 Å². The molecule has 0 heterocycles. The van der Waals surface area contributed by atoms with Crippen LogP contribution in [0.25, 0.3) is 0 Å². The molecule has 0 fully saturated rings. The van der Waals surface area contributed by atoms with Crippen LogP contribution >= 0.6 is 0 Å². The lowest BCUT2D eigenvalue weighted by Gasteiger charge is -2.11. The first-order valence-electron chi connectivity index (χ1n) is 4.91. The second kappa shape index (κ2) is 7.30. The van der Waals surface area contributed by atoms with Crippen molar-refractivity contribution in [3.8, 4) is 0 Å². The van der Waals surface area contributed by atoms with E-state index in [9.17, 15) is 9.59 Å². The minimum atomic E-state index is -0.795. The molecule has 1 unspecified atom stereocenters. The van der Waals surface area contributed by atoms with Crippen LogP contribution in [0, 0.1) is 5.92 Å². The number of ketones is 1. The number of Topliss-reactive ketones (excluding diaryl/α,β-unsaturated/α-hetero) is 1. The predicted octanol–water partition coefficient (Wildman–Crippen LogP) is 2.41. The quantitative estimate of drug-likeness (QED) is 0.609. The van der Waals surface area contributed by atoms with Gasteiger partial charge in [0.15, 0.2) is 0 Å². The molecule has 0 aliphatic rings. The van der Waals surface area contributed by atoms with Crippen LogP contribution < -0.4 is 0 Å². The highest BCUT2D eigenvalue weighted by Crippen LogP contribution is 2.16. The van der Waals surface area contributed by atoms with E-state index >= 15 is 0 Å². The number of hydrogen-bond donors (Lipinski definition) is 1. The van der Waals surface area contributed by atoms with Crippen LogP contribution in [0.5, 0.6) is 0 Å². The van der Waals surface area contributed by atoms with Crippen LogP contribution in [0.15, 0.2) is 12.7 Å². The van der Waals surface area contributed by atoms with Gasteiger partial charge in [-0.05, 0) is 32.6 Å². The van der Waals surface area contributed by atoms with Gasteiger partial charge in [-0.25, -0.2) is 0 Å². The standard InChI is InChI=1S/C11H18O3/c1-3-4-6-10(9(2)12)7-5-8-11(13)14/h3,10H,1,4-8H2,2H3,(H,13,14). The summed E-state index contributed by atoms with van der Waals surface area (Å²) in [5.74, 6) is -0.638. The number of carboxylic acids is 1. The Morgan fingerprint density at radius 1 is 1.43 bits per heavy atom. The van der Waals surface area contributed by atoms with E-state index in [0.29, 0.717) is 12.8 Å². The zero-order chi connectivity index (χ0) is 11.0. The predicted molar refractivity (Wildman–Crippen MR) is 55.1 cm³/mol. The van der Waals surface area contributed by atoms with E-state index in [1.807, 2.05) is 0 Å². The highest BCUT2D eigenvalue weighted by atomic mass is 16.4. The normalized spacial score (nSPS) is 12.1. The molecule has 0 aliphatic carbocycles. The van der Waals surface area contributed by atoms with Gasteiger partial charge in [0.1, 0.15) is 5.78 Å². The number of hydrogen-bond acceptors (Lipinski definition) is 2. The van der Waals surface area contributed by atoms with Crippen LogP contribution in [0.4, 0.5) is 0 Å². The van der Waals surface area contributed by atoms with Crippen molar-refractivity contribution in [2.75, 3.05) is 0 Å². The summed E-state index contributed by atoms with van der Waals surface area (Å²) in [5.41, 5.74) is 0. The molecule has 80 valence electrons. The number of aliphatic carboxylic acids is 1. The van der Waals surface area contributed by atoms with Crippen LogP contribution in [0.1, 0.15) is 39.0 Å². The first kappa shape index (κ1) is 12.9. The van der Waals surface area contributed by atoms with E-state index in [4.69, 9.17) is 5.11 Å². The van der Waals surface area contributed by atoms with Crippen molar-refractivity contribution in [3.05, 3.63) is 12.7 Å². The highest BCUT2D eigenvalue weighted by molar-refractivity contribution is 5.78. The third-order valence-corrected chi connectivity index (χ3v) is 2.24. The fourth-order valence-corrected chi connectivity index (χ4v) is 1.37. The monoisotopic (exact) mass is 198 g/mol. The molecule has 0 rings (SSSR count). The molecule has 0 bridgehead atoms. The van der Waals surface area contributed by atoms with Crippen molar-refractivity contribution in [2.45, 2.75) is 39.0 Å². The van der Waals surface area contributed by atoms with Crippen molar-refractivity contribution < 1.29 is 14.7 Å². The maximum absolute atomic E-state index is 11.1. The molecular weight excluding hydrogens is 180 g/mol. The number of allylic oxidation sites excluding steroid dienone is 1. The van der Waals surface area contributed by atoms with E-state index < -0.39 is 5.97 Å². The fourth-order valence-electron chi connectivity index (χ4n) is 1.37. The second-order valence-corrected chi connectivity index (χ2v) is 3.46. The highest BCUT2D eigenvalue weighted by Gasteiger charge is 2.13. The Balaban J connectivity index is 3.78. The summed E-state index contributed by atoms with van der Waals surface area (Å²) in [6.07, 6.45) is 4.80. The summed E-state index contributed by atoms with van der Waals surface area (Å²) in [7, 11) is 0. The van der Waals surface area contributed by atoms with Gasteiger partial charge in [0.2, 0.25) is 0 Å². The van der Waals surface area contributed by atoms with E-state index in [1.54, 1.807) is 13.0 Å². The largest absolute Gasteiger partial charge is 0.481 e. The van der Waals surface area contributed by atoms with Gasteiger partial charge >= 0.3 is 5.97 Å². The maximum Gasteiger partial charge on any atom is 0.303 e. The molecule has 3 nitrogen and oxygen atoms in total. The average Bonchev–Trinajstić information content (AvgIpc) is 2.09. The van der Waals surface area contributed by atoms with Crippen molar-refractivity contribution >= 4 is 11.8 Å². The molecule has 0 spiro atoms. The number of carbonyl (C=O) groups excluding carboxylic acids is 1. The summed E-state index contributed by atoms with van der Waals surface area (Å²) >= 11 is 0. The molecule has 0 aliphatic heterocycles. The van der Waals surface area contributed by atoms with Crippen molar-refractivity contribution in [3.63, 3.8) is 0 Å². The zero-order valence-corrected chi connectivity index (χ0v) is 8.66. The lowest BCUT2D eigenvalue weighted by Crippen LogP contribution is -2.11. The second-order valence-electron chi connectivity index (χ2n) is 3.46. The van der Waals surface area contributed by atoms with Gasteiger partial charge in [-0.3, -0.25) is 9.59 Å². The van der Waals surface area contributed by atoms with E-state index in [1.165, 1.54) is 0 Å². The first-order chi connectivity index (χ1) is 6.57. The van der Waals surface area contributed by atoms with Crippen molar-refractivity contribution in [1.29, 1.82) is 0 Å². The lowest BCUT2D eigenvalue weighted by atomic mass is 9.93. The Morgan fingerprint density at radius 3 is 2.50 bits per heavy atom. The smallest absolute Gasteiger partial charge is 0.303 e. The third kappa shape index (κ3) is 6.40. The van der Waals surface area contributed by atoms with Crippen LogP contribution in [-0.4, -0.2) is 16.9 Å². The Morgan fingerprint density at radius 2 is 2.07 bits per heavy atom. The molecule has 0 radical (unpaired) electrons. The fraction of sp³-hybridized carbons (Fsp3) is 0.636. The van der Waals surface area contributed by atoms with Gasteiger partial charge < -0.3 is 5.11 Å². The van der Waals surface area contributed by atoms with Gasteiger partial charge in [-0.1, -0.05) is 6.08 Å². The third-order valence-electron chi connectivity index (χ3n) is 2.24. The summed E-state index contributed by atoms with van der Waals surface area (Å²) in [6.45, 7) is 5.16. The minimum absolute atomic E-state index is 0.00681. The van der Waals surface area contributed by atoms with Gasteiger partial charge in [0.25, 0.3) is 0 Å². The molecule has 0 saturated heterocycles. The molecule has 1 N–H and O–H groups in total. The first-order valence-corrected chi connectivity index (χ1v) is 4.91. The van der Waals surface area contributed by atoms with E-state index in [2.05, 4.69) is 6.58 Å². The van der Waals surface area contributed by atoms with Gasteiger partial charge in [0, 0.05) is 12.3 Å². The van der Waals surface area contributed by atoms with Crippen LogP contribution in [0.2, 0.25) is 0 Å². The van der Waals surface area contributed by atoms with Gasteiger partial charge in [-0.2, -0.15) is 0 Å². The van der Waals surface area contributed by atoms with Gasteiger partial charge in [0.05, 0.1) is 0 Å². The molecule has 0 saturated carbocycles. The zero-order valence-electron chi connectivity index (χ0n) is 8.66. The summed E-state index contributed by atoms with van der Waals surface area (Å²) in [5, 5.41) is 8.44. The molecule has 1 atom stereocenters. The van der Waals surface area contributed by atoms with Crippen molar-refractivity contribution in [1.82, 2.24) is 0 Å². The maximum atomic E-state index is 11.1. The van der Waals surface area contributed by atoms with Crippen LogP contribution in [0.3, 0.4) is 0 Å². The van der Waals surface area contributed by atoms with E-state index in [-0.39, 0.29) is 18.1 Å². The molecule has 0 aromatic carbocycles. The summed E-state index contributed by atoms with van der Waals surface area (Å²) in [6, 6.07) is 0. The van der Waals surface area contributed by atoms with Crippen molar-refractivity contribution in [2.24, 2.45) is 5.92 Å². The molecule has 3 heteroatoms. The topological polar surface area (TPSA) is 54.4 Å². The molecular formula is C11H18O3. The molecule has 0 amide bonds. The minimum Gasteiger partial charge on any atom is -0.481 e. The summed E-state index contributed by atoms with van der Waals surface area (Å²) < 4.78 is 0. The lowest BCUT2D eigenvalue weighted by molar-refractivity contribution is -0.137. The molecule has 0 aromatic rings. The molecule has 0 aromatic heterocycles. The Bertz CT molecular complexity index is 209. The van der Waals surface area contributed by atoms with Crippen LogP contribution in [-0.2, 0) is 9.59 Å².